The molecular formula is C24H32N4O. The molecule has 0 bridgehead atoms. The number of hydrogen-bond acceptors (Lipinski definition) is 2. The summed E-state index contributed by atoms with van der Waals surface area (Å²) in [5.74, 6) is 1.16. The third kappa shape index (κ3) is 7.26. The van der Waals surface area contributed by atoms with Gasteiger partial charge in [-0.15, -0.1) is 0 Å². The van der Waals surface area contributed by atoms with E-state index in [2.05, 4.69) is 71.4 Å². The van der Waals surface area contributed by atoms with Crippen LogP contribution in [0, 0.1) is 0 Å². The standard InChI is InChI=1S/C24H32N4O/c1-2-25-24(26-17-9-14-23(29)28-21-15-16-21)27-18-22(19-10-5-3-6-11-19)20-12-7-4-8-13-20/h3-8,10-13,21-22H,2,9,14-18H2,1H3,(H,28,29)(H2,25,26,27). The maximum Gasteiger partial charge on any atom is 0.220 e. The van der Waals surface area contributed by atoms with Crippen molar-refractivity contribution in [2.75, 3.05) is 19.6 Å². The van der Waals surface area contributed by atoms with Crippen molar-refractivity contribution in [1.29, 1.82) is 0 Å². The van der Waals surface area contributed by atoms with Crippen molar-refractivity contribution >= 4 is 11.9 Å². The molecule has 3 N–H and O–H groups in total. The highest BCUT2D eigenvalue weighted by atomic mass is 16.1. The zero-order chi connectivity index (χ0) is 20.3. The zero-order valence-corrected chi connectivity index (χ0v) is 17.2. The lowest BCUT2D eigenvalue weighted by molar-refractivity contribution is -0.121. The Morgan fingerprint density at radius 3 is 2.17 bits per heavy atom. The highest BCUT2D eigenvalue weighted by Crippen LogP contribution is 2.24. The van der Waals surface area contributed by atoms with Crippen molar-refractivity contribution in [1.82, 2.24) is 16.0 Å². The smallest absolute Gasteiger partial charge is 0.220 e. The summed E-state index contributed by atoms with van der Waals surface area (Å²) in [5, 5.41) is 9.70. The summed E-state index contributed by atoms with van der Waals surface area (Å²) in [6.07, 6.45) is 3.61. The van der Waals surface area contributed by atoms with Crippen molar-refractivity contribution in [3.63, 3.8) is 0 Å². The molecule has 2 aromatic rings. The molecule has 0 atom stereocenters. The lowest BCUT2D eigenvalue weighted by Gasteiger charge is -2.18. The molecule has 2 aromatic carbocycles. The molecule has 3 rings (SSSR count). The van der Waals surface area contributed by atoms with E-state index >= 15 is 0 Å². The quantitative estimate of drug-likeness (QED) is 0.330. The second-order valence-corrected chi connectivity index (χ2v) is 7.47. The molecule has 0 aromatic heterocycles. The summed E-state index contributed by atoms with van der Waals surface area (Å²) in [4.78, 5) is 16.6. The van der Waals surface area contributed by atoms with E-state index < -0.39 is 0 Å². The number of nitrogens with one attached hydrogen (secondary N) is 3. The summed E-state index contributed by atoms with van der Waals surface area (Å²) < 4.78 is 0. The van der Waals surface area contributed by atoms with Gasteiger partial charge in [-0.25, -0.2) is 0 Å². The van der Waals surface area contributed by atoms with Crippen LogP contribution in [-0.4, -0.2) is 37.5 Å². The van der Waals surface area contributed by atoms with Crippen molar-refractivity contribution in [3.05, 3.63) is 71.8 Å². The van der Waals surface area contributed by atoms with E-state index in [1.807, 2.05) is 12.1 Å². The maximum absolute atomic E-state index is 11.8. The first-order valence-corrected chi connectivity index (χ1v) is 10.7. The first-order chi connectivity index (χ1) is 14.3. The molecule has 1 fully saturated rings. The van der Waals surface area contributed by atoms with Crippen LogP contribution in [-0.2, 0) is 4.79 Å². The minimum atomic E-state index is 0.157. The number of amides is 1. The predicted molar refractivity (Wildman–Crippen MR) is 119 cm³/mol. The highest BCUT2D eigenvalue weighted by molar-refractivity contribution is 5.80. The second-order valence-electron chi connectivity index (χ2n) is 7.47. The van der Waals surface area contributed by atoms with Gasteiger partial charge in [0.2, 0.25) is 5.91 Å². The van der Waals surface area contributed by atoms with Crippen LogP contribution in [0.2, 0.25) is 0 Å². The van der Waals surface area contributed by atoms with Crippen LogP contribution in [0.1, 0.15) is 49.7 Å². The molecule has 5 heteroatoms. The van der Waals surface area contributed by atoms with E-state index in [0.29, 0.717) is 19.0 Å². The van der Waals surface area contributed by atoms with Gasteiger partial charge in [-0.1, -0.05) is 60.7 Å². The molecule has 0 unspecified atom stereocenters. The van der Waals surface area contributed by atoms with Gasteiger partial charge in [-0.2, -0.15) is 0 Å². The third-order valence-corrected chi connectivity index (χ3v) is 5.00. The Morgan fingerprint density at radius 2 is 1.62 bits per heavy atom. The van der Waals surface area contributed by atoms with Crippen LogP contribution in [0.4, 0.5) is 0 Å². The maximum atomic E-state index is 11.8. The van der Waals surface area contributed by atoms with Crippen LogP contribution >= 0.6 is 0 Å². The summed E-state index contributed by atoms with van der Waals surface area (Å²) >= 11 is 0. The van der Waals surface area contributed by atoms with Gasteiger partial charge in [0.25, 0.3) is 0 Å². The largest absolute Gasteiger partial charge is 0.357 e. The number of guanidine groups is 1. The summed E-state index contributed by atoms with van der Waals surface area (Å²) in [5.41, 5.74) is 2.52. The first kappa shape index (κ1) is 20.9. The van der Waals surface area contributed by atoms with Gasteiger partial charge in [0.05, 0.1) is 6.54 Å². The Labute approximate surface area is 174 Å². The molecule has 29 heavy (non-hydrogen) atoms. The van der Waals surface area contributed by atoms with Crippen LogP contribution in [0.3, 0.4) is 0 Å². The number of carbonyl (C=O) groups excluding carboxylic acids is 1. The van der Waals surface area contributed by atoms with Crippen molar-refractivity contribution < 1.29 is 4.79 Å². The summed E-state index contributed by atoms with van der Waals surface area (Å²) in [6.45, 7) is 4.25. The average Bonchev–Trinajstić information content (AvgIpc) is 3.56. The molecular weight excluding hydrogens is 360 g/mol. The Hall–Kier alpha value is -2.82. The van der Waals surface area contributed by atoms with E-state index in [1.54, 1.807) is 0 Å². The van der Waals surface area contributed by atoms with Gasteiger partial charge < -0.3 is 16.0 Å². The average molecular weight is 393 g/mol. The van der Waals surface area contributed by atoms with Crippen molar-refractivity contribution in [2.24, 2.45) is 4.99 Å². The molecule has 0 radical (unpaired) electrons. The molecule has 0 heterocycles. The fourth-order valence-electron chi connectivity index (χ4n) is 3.28. The normalized spacial score (nSPS) is 13.9. The monoisotopic (exact) mass is 392 g/mol. The SMILES string of the molecule is CCNC(=NCC(c1ccccc1)c1ccccc1)NCCCC(=O)NC1CC1. The topological polar surface area (TPSA) is 65.5 Å². The van der Waals surface area contributed by atoms with E-state index in [-0.39, 0.29) is 11.8 Å². The van der Waals surface area contributed by atoms with E-state index in [0.717, 1.165) is 38.3 Å². The van der Waals surface area contributed by atoms with Gasteiger partial charge in [0.1, 0.15) is 0 Å². The minimum Gasteiger partial charge on any atom is -0.357 e. The molecule has 0 spiro atoms. The van der Waals surface area contributed by atoms with Gasteiger partial charge in [0, 0.05) is 31.5 Å². The number of rotatable bonds is 10. The fraction of sp³-hybridized carbons (Fsp3) is 0.417. The minimum absolute atomic E-state index is 0.157. The fourth-order valence-corrected chi connectivity index (χ4v) is 3.28. The second kappa shape index (κ2) is 11.2. The first-order valence-electron chi connectivity index (χ1n) is 10.7. The van der Waals surface area contributed by atoms with Crippen LogP contribution < -0.4 is 16.0 Å². The molecule has 0 aliphatic heterocycles. The van der Waals surface area contributed by atoms with Crippen molar-refractivity contribution in [2.45, 2.75) is 44.6 Å². The number of hydrogen-bond donors (Lipinski definition) is 3. The van der Waals surface area contributed by atoms with Crippen LogP contribution in [0.5, 0.6) is 0 Å². The molecule has 1 aliphatic rings. The Bertz CT molecular complexity index is 732. The van der Waals surface area contributed by atoms with E-state index in [1.165, 1.54) is 11.1 Å². The van der Waals surface area contributed by atoms with Crippen LogP contribution in [0.25, 0.3) is 0 Å². The Morgan fingerprint density at radius 1 is 1.00 bits per heavy atom. The molecule has 0 saturated heterocycles. The lowest BCUT2D eigenvalue weighted by Crippen LogP contribution is -2.38. The Kier molecular flexibility index (Phi) is 8.11. The molecule has 154 valence electrons. The van der Waals surface area contributed by atoms with Gasteiger partial charge in [-0.05, 0) is 37.3 Å². The third-order valence-electron chi connectivity index (χ3n) is 5.00. The number of carbonyl (C=O) groups is 1. The molecule has 1 amide bonds. The van der Waals surface area contributed by atoms with Crippen molar-refractivity contribution in [3.8, 4) is 0 Å². The number of nitrogens with zero attached hydrogens (tertiary/aromatic N) is 1. The van der Waals surface area contributed by atoms with E-state index in [9.17, 15) is 4.79 Å². The predicted octanol–water partition coefficient (Wildman–Crippen LogP) is 3.43. The van der Waals surface area contributed by atoms with Gasteiger partial charge in [-0.3, -0.25) is 9.79 Å². The summed E-state index contributed by atoms with van der Waals surface area (Å²) in [7, 11) is 0. The highest BCUT2D eigenvalue weighted by Gasteiger charge is 2.22. The zero-order valence-electron chi connectivity index (χ0n) is 17.2. The Balaban J connectivity index is 1.57. The molecule has 1 saturated carbocycles. The van der Waals surface area contributed by atoms with E-state index in [4.69, 9.17) is 4.99 Å². The molecule has 1 aliphatic carbocycles. The van der Waals surface area contributed by atoms with Crippen LogP contribution in [0.15, 0.2) is 65.7 Å². The number of benzene rings is 2. The summed E-state index contributed by atoms with van der Waals surface area (Å²) in [6, 6.07) is 21.4. The number of aliphatic imine (C=N–C) groups is 1. The lowest BCUT2D eigenvalue weighted by atomic mass is 9.91. The van der Waals surface area contributed by atoms with Gasteiger partial charge in [0.15, 0.2) is 5.96 Å². The molecule has 5 nitrogen and oxygen atoms in total. The van der Waals surface area contributed by atoms with Gasteiger partial charge >= 0.3 is 0 Å².